The molecule has 0 saturated carbocycles. The van der Waals surface area contributed by atoms with Crippen LogP contribution in [0.4, 0.5) is 23.4 Å². The first-order valence-corrected chi connectivity index (χ1v) is 14.9. The Kier molecular flexibility index (Phi) is 7.02. The summed E-state index contributed by atoms with van der Waals surface area (Å²) in [5.74, 6) is -2.00. The Morgan fingerprint density at radius 3 is 2.64 bits per heavy atom. The van der Waals surface area contributed by atoms with E-state index in [4.69, 9.17) is 11.2 Å². The van der Waals surface area contributed by atoms with Gasteiger partial charge in [-0.15, -0.1) is 6.42 Å². The molecule has 234 valence electrons. The molecule has 3 fully saturated rings. The first-order chi connectivity index (χ1) is 21.5. The van der Waals surface area contributed by atoms with E-state index in [9.17, 15) is 9.50 Å². The number of phenolic OH excluding ortho intramolecular Hbond substituents is 1. The van der Waals surface area contributed by atoms with Crippen molar-refractivity contribution in [3.8, 4) is 35.4 Å². The minimum Gasteiger partial charge on any atom is -0.508 e. The average Bonchev–Trinajstić information content (AvgIpc) is 3.35. The van der Waals surface area contributed by atoms with Gasteiger partial charge in [0.2, 0.25) is 0 Å². The van der Waals surface area contributed by atoms with Gasteiger partial charge in [0.1, 0.15) is 35.2 Å². The van der Waals surface area contributed by atoms with Crippen LogP contribution in [0.2, 0.25) is 0 Å². The molecule has 2 aromatic heterocycles. The number of piperidine rings is 1. The highest BCUT2D eigenvalue weighted by molar-refractivity contribution is 6.03. The van der Waals surface area contributed by atoms with Gasteiger partial charge in [-0.2, -0.15) is 9.97 Å². The zero-order chi connectivity index (χ0) is 31.7. The fourth-order valence-corrected chi connectivity index (χ4v) is 7.04. The zero-order valence-electron chi connectivity index (χ0n) is 24.9. The van der Waals surface area contributed by atoms with Crippen LogP contribution in [-0.2, 0) is 0 Å². The molecule has 0 aliphatic carbocycles. The highest BCUT2D eigenvalue weighted by Crippen LogP contribution is 2.44. The number of ether oxygens (including phenoxy) is 1. The normalized spacial score (nSPS) is 24.7. The van der Waals surface area contributed by atoms with Crippen molar-refractivity contribution in [2.75, 3.05) is 44.7 Å². The van der Waals surface area contributed by atoms with Gasteiger partial charge in [0.25, 0.3) is 5.92 Å². The van der Waals surface area contributed by atoms with Gasteiger partial charge in [-0.05, 0) is 50.4 Å². The Morgan fingerprint density at radius 2 is 1.91 bits per heavy atom. The highest BCUT2D eigenvalue weighted by Gasteiger charge is 2.53. The van der Waals surface area contributed by atoms with Crippen molar-refractivity contribution in [2.24, 2.45) is 5.41 Å². The molecular formula is C33H32F4N6O2. The van der Waals surface area contributed by atoms with Gasteiger partial charge < -0.3 is 25.0 Å². The third kappa shape index (κ3) is 4.98. The number of aromatic hydroxyl groups is 1. The number of nitrogens with one attached hydrogen (secondary N) is 1. The molecule has 2 N–H and O–H groups in total. The summed E-state index contributed by atoms with van der Waals surface area (Å²) in [5.41, 5.74) is -1.89. The number of aromatic nitrogens is 3. The summed E-state index contributed by atoms with van der Waals surface area (Å²) in [4.78, 5) is 17.3. The molecule has 0 spiro atoms. The summed E-state index contributed by atoms with van der Waals surface area (Å²) in [6.07, 6.45) is 8.75. The average molecular weight is 621 g/mol. The summed E-state index contributed by atoms with van der Waals surface area (Å²) in [5, 5.41) is 15.0. The number of anilines is 1. The zero-order valence-corrected chi connectivity index (χ0v) is 24.9. The van der Waals surface area contributed by atoms with Crippen molar-refractivity contribution < 1.29 is 27.4 Å². The van der Waals surface area contributed by atoms with Gasteiger partial charge in [-0.25, -0.2) is 17.6 Å². The van der Waals surface area contributed by atoms with Crippen LogP contribution >= 0.6 is 0 Å². The molecule has 2 aromatic carbocycles. The topological polar surface area (TPSA) is 86.6 Å². The predicted octanol–water partition coefficient (Wildman–Crippen LogP) is 5.11. The van der Waals surface area contributed by atoms with E-state index in [-0.39, 0.29) is 77.7 Å². The van der Waals surface area contributed by atoms with E-state index in [1.54, 1.807) is 7.05 Å². The quantitative estimate of drug-likeness (QED) is 0.235. The molecule has 7 rings (SSSR count). The van der Waals surface area contributed by atoms with E-state index in [2.05, 4.69) is 26.2 Å². The molecule has 5 heterocycles. The van der Waals surface area contributed by atoms with Crippen molar-refractivity contribution in [1.82, 2.24) is 25.2 Å². The summed E-state index contributed by atoms with van der Waals surface area (Å²) in [7, 11) is 1.78. The Bertz CT molecular complexity index is 1870. The van der Waals surface area contributed by atoms with Crippen LogP contribution in [0.1, 0.15) is 31.7 Å². The Morgan fingerprint density at radius 1 is 1.16 bits per heavy atom. The van der Waals surface area contributed by atoms with Crippen LogP contribution in [0.5, 0.6) is 11.8 Å². The number of likely N-dealkylation sites (tertiary alicyclic amines) is 1. The molecule has 0 unspecified atom stereocenters. The summed E-state index contributed by atoms with van der Waals surface area (Å²) < 4.78 is 67.6. The van der Waals surface area contributed by atoms with Crippen LogP contribution in [0, 0.1) is 29.4 Å². The second kappa shape index (κ2) is 10.7. The fourth-order valence-electron chi connectivity index (χ4n) is 7.04. The Balaban J connectivity index is 1.38. The number of alkyl halides is 2. The SMILES string of the molecule is C#Cc1c(F)ccc2cc(O)cc(-c3ncc4c(N5C[C@H]6CC[C@@H](C5)N6)nc(OC[C@]5(C)CN(C)CCC5(F)F)nc4c3F)c12. The van der Waals surface area contributed by atoms with E-state index in [1.807, 2.05) is 9.80 Å². The van der Waals surface area contributed by atoms with Crippen molar-refractivity contribution in [3.63, 3.8) is 0 Å². The molecule has 3 aliphatic rings. The van der Waals surface area contributed by atoms with Gasteiger partial charge in [0, 0.05) is 61.8 Å². The van der Waals surface area contributed by atoms with E-state index < -0.39 is 23.0 Å². The van der Waals surface area contributed by atoms with Crippen LogP contribution in [-0.4, -0.2) is 82.8 Å². The number of piperazine rings is 1. The molecule has 3 aliphatic heterocycles. The van der Waals surface area contributed by atoms with Crippen molar-refractivity contribution in [3.05, 3.63) is 47.7 Å². The molecule has 3 atom stereocenters. The maximum Gasteiger partial charge on any atom is 0.319 e. The van der Waals surface area contributed by atoms with E-state index >= 15 is 13.2 Å². The van der Waals surface area contributed by atoms with Crippen LogP contribution in [0.15, 0.2) is 30.5 Å². The summed E-state index contributed by atoms with van der Waals surface area (Å²) in [6, 6.07) is 5.52. The molecule has 0 amide bonds. The number of hydrogen-bond donors (Lipinski definition) is 2. The number of phenols is 1. The lowest BCUT2D eigenvalue weighted by Gasteiger charge is -2.44. The molecule has 12 heteroatoms. The minimum absolute atomic E-state index is 0.0806. The van der Waals surface area contributed by atoms with Crippen molar-refractivity contribution in [1.29, 1.82) is 0 Å². The standard InChI is InChI=1S/C33H32F4N6O2/c1-4-22-25(34)8-5-18-11-21(44)12-23(26(18)22)28-27(35)29-24(13-38-28)30(43-14-19-6-7-20(15-43)39-19)41-31(40-29)45-17-32(2)16-42(3)10-9-33(32,36)37/h1,5,8,11-13,19-20,39,44H,6-7,9-10,14-17H2,2-3H3/t19-,20+,32-/m0/s1. The summed E-state index contributed by atoms with van der Waals surface area (Å²) in [6.45, 7) is 2.66. The lowest BCUT2D eigenvalue weighted by atomic mass is 9.79. The lowest BCUT2D eigenvalue weighted by Crippen LogP contribution is -2.55. The van der Waals surface area contributed by atoms with Crippen molar-refractivity contribution >= 4 is 27.5 Å². The first kappa shape index (κ1) is 29.5. The molecular weight excluding hydrogens is 588 g/mol. The number of rotatable bonds is 5. The molecule has 4 aromatic rings. The lowest BCUT2D eigenvalue weighted by molar-refractivity contribution is -0.169. The van der Waals surface area contributed by atoms with Gasteiger partial charge >= 0.3 is 6.01 Å². The number of pyridine rings is 1. The van der Waals surface area contributed by atoms with Crippen LogP contribution in [0.3, 0.4) is 0 Å². The molecule has 3 saturated heterocycles. The monoisotopic (exact) mass is 620 g/mol. The van der Waals surface area contributed by atoms with E-state index in [0.29, 0.717) is 29.7 Å². The Labute approximate surface area is 257 Å². The van der Waals surface area contributed by atoms with E-state index in [1.165, 1.54) is 37.4 Å². The minimum atomic E-state index is -2.99. The predicted molar refractivity (Wildman–Crippen MR) is 163 cm³/mol. The number of fused-ring (bicyclic) bond motifs is 4. The Hall–Kier alpha value is -4.21. The van der Waals surface area contributed by atoms with Gasteiger partial charge in [0.15, 0.2) is 5.82 Å². The maximum atomic E-state index is 16.7. The number of benzene rings is 2. The second-order valence-corrected chi connectivity index (χ2v) is 12.8. The smallest absolute Gasteiger partial charge is 0.319 e. The largest absolute Gasteiger partial charge is 0.508 e. The summed E-state index contributed by atoms with van der Waals surface area (Å²) >= 11 is 0. The molecule has 8 nitrogen and oxygen atoms in total. The van der Waals surface area contributed by atoms with Gasteiger partial charge in [-0.1, -0.05) is 12.0 Å². The first-order valence-electron chi connectivity index (χ1n) is 14.9. The van der Waals surface area contributed by atoms with Crippen LogP contribution < -0.4 is 15.0 Å². The van der Waals surface area contributed by atoms with Crippen LogP contribution in [0.25, 0.3) is 32.9 Å². The van der Waals surface area contributed by atoms with Gasteiger partial charge in [-0.3, -0.25) is 4.98 Å². The number of halogens is 4. The number of nitrogens with zero attached hydrogens (tertiary/aromatic N) is 5. The molecule has 0 radical (unpaired) electrons. The maximum absolute atomic E-state index is 16.7. The number of terminal acetylenes is 1. The third-order valence-corrected chi connectivity index (χ3v) is 9.44. The second-order valence-electron chi connectivity index (χ2n) is 12.8. The molecule has 45 heavy (non-hydrogen) atoms. The third-order valence-electron chi connectivity index (χ3n) is 9.44. The number of hydrogen-bond acceptors (Lipinski definition) is 8. The molecule has 2 bridgehead atoms. The van der Waals surface area contributed by atoms with Crippen molar-refractivity contribution in [2.45, 2.75) is 44.2 Å². The van der Waals surface area contributed by atoms with Gasteiger partial charge in [0.05, 0.1) is 16.4 Å². The highest BCUT2D eigenvalue weighted by atomic mass is 19.3. The fraction of sp³-hybridized carbons (Fsp3) is 0.424. The van der Waals surface area contributed by atoms with E-state index in [0.717, 1.165) is 12.8 Å².